The number of carbonyl (C=O) groups is 2. The van der Waals surface area contributed by atoms with Crippen molar-refractivity contribution < 1.29 is 19.1 Å². The van der Waals surface area contributed by atoms with Crippen molar-refractivity contribution in [2.75, 3.05) is 17.4 Å². The molecule has 0 saturated carbocycles. The first-order chi connectivity index (χ1) is 13.2. The molecule has 0 aromatic heterocycles. The predicted molar refractivity (Wildman–Crippen MR) is 101 cm³/mol. The molecule has 0 atom stereocenters. The summed E-state index contributed by atoms with van der Waals surface area (Å²) in [7, 11) is 0. The summed E-state index contributed by atoms with van der Waals surface area (Å²) in [4.78, 5) is 24.9. The third-order valence-corrected chi connectivity index (χ3v) is 4.05. The van der Waals surface area contributed by atoms with Crippen LogP contribution in [0.2, 0.25) is 0 Å². The fourth-order valence-electron chi connectivity index (χ4n) is 2.70. The summed E-state index contributed by atoms with van der Waals surface area (Å²) < 4.78 is 10.6. The van der Waals surface area contributed by atoms with Crippen molar-refractivity contribution in [1.82, 2.24) is 0 Å². The molecule has 2 amide bonds. The lowest BCUT2D eigenvalue weighted by molar-refractivity contribution is 0.102. The number of carbonyl (C=O) groups excluding carboxylic acids is 2. The summed E-state index contributed by atoms with van der Waals surface area (Å²) in [6, 6.07) is 20.9. The van der Waals surface area contributed by atoms with Crippen LogP contribution in [0.5, 0.6) is 11.5 Å². The summed E-state index contributed by atoms with van der Waals surface area (Å²) in [5.74, 6) is 0.638. The van der Waals surface area contributed by atoms with Gasteiger partial charge in [-0.3, -0.25) is 9.59 Å². The number of amides is 2. The van der Waals surface area contributed by atoms with Crippen LogP contribution in [0.1, 0.15) is 20.7 Å². The summed E-state index contributed by atoms with van der Waals surface area (Å²) >= 11 is 0. The number of hydrogen-bond acceptors (Lipinski definition) is 4. The zero-order valence-corrected chi connectivity index (χ0v) is 14.3. The van der Waals surface area contributed by atoms with Crippen LogP contribution in [0.4, 0.5) is 11.4 Å². The second-order valence-electron chi connectivity index (χ2n) is 5.92. The van der Waals surface area contributed by atoms with Gasteiger partial charge in [-0.2, -0.15) is 0 Å². The molecule has 1 aliphatic heterocycles. The molecular formula is C21H16N2O4. The summed E-state index contributed by atoms with van der Waals surface area (Å²) in [5.41, 5.74) is 2.06. The lowest BCUT2D eigenvalue weighted by Crippen LogP contribution is -2.15. The van der Waals surface area contributed by atoms with Gasteiger partial charge in [-0.1, -0.05) is 24.3 Å². The van der Waals surface area contributed by atoms with E-state index in [4.69, 9.17) is 9.47 Å². The minimum absolute atomic E-state index is 0.172. The number of benzene rings is 3. The van der Waals surface area contributed by atoms with Gasteiger partial charge in [-0.05, 0) is 42.5 Å². The number of rotatable bonds is 4. The Kier molecular flexibility index (Phi) is 4.45. The van der Waals surface area contributed by atoms with Crippen LogP contribution in [0, 0.1) is 0 Å². The van der Waals surface area contributed by atoms with Crippen LogP contribution >= 0.6 is 0 Å². The van der Waals surface area contributed by atoms with Crippen molar-refractivity contribution in [3.05, 3.63) is 83.9 Å². The number of fused-ring (bicyclic) bond motifs is 1. The predicted octanol–water partition coefficient (Wildman–Crippen LogP) is 3.92. The van der Waals surface area contributed by atoms with E-state index in [9.17, 15) is 9.59 Å². The summed E-state index contributed by atoms with van der Waals surface area (Å²) in [6.45, 7) is 0.172. The molecule has 3 aromatic carbocycles. The molecule has 0 unspecified atom stereocenters. The van der Waals surface area contributed by atoms with Crippen LogP contribution in [-0.4, -0.2) is 18.6 Å². The van der Waals surface area contributed by atoms with Crippen molar-refractivity contribution in [2.45, 2.75) is 0 Å². The van der Waals surface area contributed by atoms with Gasteiger partial charge in [0.25, 0.3) is 11.8 Å². The van der Waals surface area contributed by atoms with E-state index in [1.807, 2.05) is 18.2 Å². The van der Waals surface area contributed by atoms with Crippen LogP contribution in [0.3, 0.4) is 0 Å². The van der Waals surface area contributed by atoms with Crippen LogP contribution in [0.25, 0.3) is 0 Å². The first-order valence-electron chi connectivity index (χ1n) is 8.36. The smallest absolute Gasteiger partial charge is 0.255 e. The van der Waals surface area contributed by atoms with E-state index in [1.165, 1.54) is 0 Å². The number of anilines is 2. The van der Waals surface area contributed by atoms with Crippen molar-refractivity contribution in [2.24, 2.45) is 0 Å². The zero-order valence-electron chi connectivity index (χ0n) is 14.3. The third-order valence-electron chi connectivity index (χ3n) is 4.05. The normalized spacial score (nSPS) is 11.7. The topological polar surface area (TPSA) is 76.7 Å². The molecule has 2 N–H and O–H groups in total. The van der Waals surface area contributed by atoms with Gasteiger partial charge < -0.3 is 20.1 Å². The first-order valence-corrected chi connectivity index (χ1v) is 8.36. The SMILES string of the molecule is O=C(Nc1ccccc1)c1cccc(C(=O)Nc2ccc3c(c2)OCO3)c1. The average Bonchev–Trinajstić information content (AvgIpc) is 3.16. The fraction of sp³-hybridized carbons (Fsp3) is 0.0476. The molecule has 3 aromatic rings. The lowest BCUT2D eigenvalue weighted by atomic mass is 10.1. The third kappa shape index (κ3) is 3.74. The number of para-hydroxylation sites is 1. The van der Waals surface area contributed by atoms with Gasteiger partial charge >= 0.3 is 0 Å². The highest BCUT2D eigenvalue weighted by molar-refractivity contribution is 6.08. The Balaban J connectivity index is 1.48. The number of ether oxygens (including phenoxy) is 2. The molecule has 0 aliphatic carbocycles. The first kappa shape index (κ1) is 16.7. The monoisotopic (exact) mass is 360 g/mol. The molecule has 6 heteroatoms. The molecule has 4 rings (SSSR count). The largest absolute Gasteiger partial charge is 0.454 e. The van der Waals surface area contributed by atoms with E-state index in [2.05, 4.69) is 10.6 Å². The Morgan fingerprint density at radius 2 is 1.33 bits per heavy atom. The van der Waals surface area contributed by atoms with E-state index < -0.39 is 0 Å². The highest BCUT2D eigenvalue weighted by Crippen LogP contribution is 2.34. The van der Waals surface area contributed by atoms with Gasteiger partial charge in [0.2, 0.25) is 6.79 Å². The molecule has 6 nitrogen and oxygen atoms in total. The quantitative estimate of drug-likeness (QED) is 0.739. The van der Waals surface area contributed by atoms with E-state index >= 15 is 0 Å². The van der Waals surface area contributed by atoms with Gasteiger partial charge in [0.1, 0.15) is 0 Å². The van der Waals surface area contributed by atoms with Crippen LogP contribution < -0.4 is 20.1 Å². The Morgan fingerprint density at radius 1 is 0.667 bits per heavy atom. The fourth-order valence-corrected chi connectivity index (χ4v) is 2.70. The minimum atomic E-state index is -0.316. The standard InChI is InChI=1S/C21H16N2O4/c24-20(22-16-7-2-1-3-8-16)14-5-4-6-15(11-14)21(25)23-17-9-10-18-19(12-17)27-13-26-18/h1-12H,13H2,(H,22,24)(H,23,25). The molecule has 0 spiro atoms. The molecule has 0 fully saturated rings. The molecule has 1 heterocycles. The molecule has 0 bridgehead atoms. The van der Waals surface area contributed by atoms with Gasteiger partial charge in [0, 0.05) is 28.6 Å². The van der Waals surface area contributed by atoms with Crippen molar-refractivity contribution in [1.29, 1.82) is 0 Å². The minimum Gasteiger partial charge on any atom is -0.454 e. The number of nitrogens with one attached hydrogen (secondary N) is 2. The maximum Gasteiger partial charge on any atom is 0.255 e. The van der Waals surface area contributed by atoms with Crippen LogP contribution in [-0.2, 0) is 0 Å². The molecule has 134 valence electrons. The second kappa shape index (κ2) is 7.21. The second-order valence-corrected chi connectivity index (χ2v) is 5.92. The Hall–Kier alpha value is -3.80. The van der Waals surface area contributed by atoms with Gasteiger partial charge in [-0.15, -0.1) is 0 Å². The molecule has 1 aliphatic rings. The molecule has 0 saturated heterocycles. The molecular weight excluding hydrogens is 344 g/mol. The average molecular weight is 360 g/mol. The van der Waals surface area contributed by atoms with Crippen molar-refractivity contribution in [3.8, 4) is 11.5 Å². The van der Waals surface area contributed by atoms with Gasteiger partial charge in [0.15, 0.2) is 11.5 Å². The van der Waals surface area contributed by atoms with Crippen molar-refractivity contribution in [3.63, 3.8) is 0 Å². The number of hydrogen-bond donors (Lipinski definition) is 2. The van der Waals surface area contributed by atoms with E-state index in [-0.39, 0.29) is 18.6 Å². The van der Waals surface area contributed by atoms with E-state index in [0.717, 1.165) is 0 Å². The Morgan fingerprint density at radius 3 is 2.07 bits per heavy atom. The highest BCUT2D eigenvalue weighted by Gasteiger charge is 2.15. The van der Waals surface area contributed by atoms with Gasteiger partial charge in [-0.25, -0.2) is 0 Å². The van der Waals surface area contributed by atoms with Gasteiger partial charge in [0.05, 0.1) is 0 Å². The van der Waals surface area contributed by atoms with E-state index in [1.54, 1.807) is 54.6 Å². The molecule has 0 radical (unpaired) electrons. The zero-order chi connectivity index (χ0) is 18.6. The Bertz CT molecular complexity index is 1000. The highest BCUT2D eigenvalue weighted by atomic mass is 16.7. The Labute approximate surface area is 155 Å². The van der Waals surface area contributed by atoms with Crippen molar-refractivity contribution >= 4 is 23.2 Å². The maximum atomic E-state index is 12.5. The summed E-state index contributed by atoms with van der Waals surface area (Å²) in [6.07, 6.45) is 0. The van der Waals surface area contributed by atoms with E-state index in [0.29, 0.717) is 34.0 Å². The van der Waals surface area contributed by atoms with Crippen LogP contribution in [0.15, 0.2) is 72.8 Å². The molecule has 27 heavy (non-hydrogen) atoms. The maximum absolute atomic E-state index is 12.5. The lowest BCUT2D eigenvalue weighted by Gasteiger charge is -2.08. The summed E-state index contributed by atoms with van der Waals surface area (Å²) in [5, 5.41) is 5.60.